The SMILES string of the molecule is CCOC(=O)C(CC1SC(CCNc2cccc(C(F)(F)F)c2)C(=O)N1CC)NC. The molecule has 30 heavy (non-hydrogen) atoms. The maximum absolute atomic E-state index is 12.8. The number of amides is 1. The third-order valence-electron chi connectivity index (χ3n) is 4.85. The number of benzene rings is 1. The minimum Gasteiger partial charge on any atom is -0.465 e. The van der Waals surface area contributed by atoms with E-state index in [1.807, 2.05) is 6.92 Å². The van der Waals surface area contributed by atoms with Crippen molar-refractivity contribution in [1.29, 1.82) is 0 Å². The number of nitrogens with zero attached hydrogens (tertiary/aromatic N) is 1. The van der Waals surface area contributed by atoms with Crippen molar-refractivity contribution in [3.8, 4) is 0 Å². The third-order valence-corrected chi connectivity index (χ3v) is 6.38. The Kier molecular flexibility index (Phi) is 8.84. The predicted octanol–water partition coefficient (Wildman–Crippen LogP) is 3.34. The molecule has 0 aromatic heterocycles. The lowest BCUT2D eigenvalue weighted by atomic mass is 10.1. The Balaban J connectivity index is 1.94. The summed E-state index contributed by atoms with van der Waals surface area (Å²) in [6.45, 7) is 4.79. The van der Waals surface area contributed by atoms with E-state index in [-0.39, 0.29) is 29.1 Å². The maximum atomic E-state index is 12.8. The van der Waals surface area contributed by atoms with Gasteiger partial charge in [0.1, 0.15) is 6.04 Å². The average Bonchev–Trinajstić information content (AvgIpc) is 3.00. The quantitative estimate of drug-likeness (QED) is 0.536. The largest absolute Gasteiger partial charge is 0.465 e. The number of anilines is 1. The fraction of sp³-hybridized carbons (Fsp3) is 0.600. The molecule has 1 aliphatic rings. The molecule has 1 fully saturated rings. The fourth-order valence-corrected chi connectivity index (χ4v) is 4.90. The molecule has 1 aromatic carbocycles. The van der Waals surface area contributed by atoms with E-state index in [2.05, 4.69) is 10.6 Å². The maximum Gasteiger partial charge on any atom is 0.416 e. The first-order chi connectivity index (χ1) is 14.2. The van der Waals surface area contributed by atoms with E-state index >= 15 is 0 Å². The number of carbonyl (C=O) groups is 2. The summed E-state index contributed by atoms with van der Waals surface area (Å²) in [5.41, 5.74) is -0.352. The first-order valence-electron chi connectivity index (χ1n) is 9.92. The first kappa shape index (κ1) is 24.3. The molecule has 1 amide bonds. The second kappa shape index (κ2) is 10.9. The highest BCUT2D eigenvalue weighted by Gasteiger charge is 2.40. The zero-order valence-corrected chi connectivity index (χ0v) is 18.1. The van der Waals surface area contributed by atoms with Crippen molar-refractivity contribution in [2.75, 3.05) is 32.1 Å². The highest BCUT2D eigenvalue weighted by molar-refractivity contribution is 8.01. The van der Waals surface area contributed by atoms with Crippen LogP contribution in [-0.4, -0.2) is 60.2 Å². The number of hydrogen-bond donors (Lipinski definition) is 2. The van der Waals surface area contributed by atoms with Crippen LogP contribution in [-0.2, 0) is 20.5 Å². The van der Waals surface area contributed by atoms with E-state index in [9.17, 15) is 22.8 Å². The number of hydrogen-bond acceptors (Lipinski definition) is 6. The number of halogens is 3. The molecule has 2 N–H and O–H groups in total. The van der Waals surface area contributed by atoms with Crippen LogP contribution in [0.2, 0.25) is 0 Å². The van der Waals surface area contributed by atoms with E-state index in [4.69, 9.17) is 4.74 Å². The molecule has 3 unspecified atom stereocenters. The lowest BCUT2D eigenvalue weighted by molar-refractivity contribution is -0.146. The minimum atomic E-state index is -4.40. The summed E-state index contributed by atoms with van der Waals surface area (Å²) in [5, 5.41) is 5.43. The van der Waals surface area contributed by atoms with Gasteiger partial charge in [-0.25, -0.2) is 0 Å². The molecule has 1 heterocycles. The van der Waals surface area contributed by atoms with Gasteiger partial charge in [-0.3, -0.25) is 9.59 Å². The Bertz CT molecular complexity index is 733. The molecule has 0 aliphatic carbocycles. The molecule has 0 spiro atoms. The van der Waals surface area contributed by atoms with Gasteiger partial charge in [0.05, 0.1) is 22.8 Å². The van der Waals surface area contributed by atoms with E-state index in [1.165, 1.54) is 17.8 Å². The predicted molar refractivity (Wildman–Crippen MR) is 111 cm³/mol. The number of alkyl halides is 3. The summed E-state index contributed by atoms with van der Waals surface area (Å²) in [5.74, 6) is -0.365. The van der Waals surface area contributed by atoms with Crippen molar-refractivity contribution in [1.82, 2.24) is 10.2 Å². The molecular formula is C20H28F3N3O3S. The van der Waals surface area contributed by atoms with Crippen molar-refractivity contribution < 1.29 is 27.5 Å². The van der Waals surface area contributed by atoms with Crippen LogP contribution >= 0.6 is 11.8 Å². The molecule has 2 rings (SSSR count). The zero-order valence-electron chi connectivity index (χ0n) is 17.3. The van der Waals surface area contributed by atoms with Crippen LogP contribution in [0.3, 0.4) is 0 Å². The van der Waals surface area contributed by atoms with Gasteiger partial charge in [-0.2, -0.15) is 13.2 Å². The van der Waals surface area contributed by atoms with Crippen molar-refractivity contribution in [2.24, 2.45) is 0 Å². The molecule has 0 radical (unpaired) electrons. The number of nitrogens with one attached hydrogen (secondary N) is 2. The van der Waals surface area contributed by atoms with Crippen LogP contribution in [0.4, 0.5) is 18.9 Å². The average molecular weight is 448 g/mol. The lowest BCUT2D eigenvalue weighted by Crippen LogP contribution is -2.42. The van der Waals surface area contributed by atoms with Crippen LogP contribution in [0, 0.1) is 0 Å². The number of ether oxygens (including phenoxy) is 1. The summed E-state index contributed by atoms with van der Waals surface area (Å²) in [6, 6.07) is 4.49. The molecule has 10 heteroatoms. The van der Waals surface area contributed by atoms with E-state index in [0.29, 0.717) is 31.6 Å². The van der Waals surface area contributed by atoms with Gasteiger partial charge in [0.15, 0.2) is 0 Å². The van der Waals surface area contributed by atoms with Gasteiger partial charge >= 0.3 is 12.1 Å². The number of esters is 1. The zero-order chi connectivity index (χ0) is 22.3. The van der Waals surface area contributed by atoms with Gasteiger partial charge in [-0.05, 0) is 45.5 Å². The van der Waals surface area contributed by atoms with Crippen molar-refractivity contribution in [2.45, 2.75) is 49.5 Å². The molecular weight excluding hydrogens is 419 g/mol. The van der Waals surface area contributed by atoms with Crippen LogP contribution in [0.5, 0.6) is 0 Å². The topological polar surface area (TPSA) is 70.7 Å². The Morgan fingerprint density at radius 3 is 2.67 bits per heavy atom. The Morgan fingerprint density at radius 2 is 2.07 bits per heavy atom. The number of likely N-dealkylation sites (N-methyl/N-ethyl adjacent to an activating group) is 1. The molecule has 1 aliphatic heterocycles. The molecule has 3 atom stereocenters. The van der Waals surface area contributed by atoms with E-state index in [1.54, 1.807) is 24.9 Å². The highest BCUT2D eigenvalue weighted by atomic mass is 32.2. The van der Waals surface area contributed by atoms with Gasteiger partial charge in [0.2, 0.25) is 5.91 Å². The Morgan fingerprint density at radius 1 is 1.33 bits per heavy atom. The van der Waals surface area contributed by atoms with Crippen LogP contribution in [0.1, 0.15) is 32.3 Å². The molecule has 1 aromatic rings. The van der Waals surface area contributed by atoms with Gasteiger partial charge in [-0.1, -0.05) is 6.07 Å². The van der Waals surface area contributed by atoms with Gasteiger partial charge in [0, 0.05) is 25.2 Å². The first-order valence-corrected chi connectivity index (χ1v) is 10.9. The molecule has 0 saturated carbocycles. The van der Waals surface area contributed by atoms with Gasteiger partial charge in [-0.15, -0.1) is 11.8 Å². The molecule has 168 valence electrons. The summed E-state index contributed by atoms with van der Waals surface area (Å²) >= 11 is 1.48. The van der Waals surface area contributed by atoms with Gasteiger partial charge < -0.3 is 20.3 Å². The summed E-state index contributed by atoms with van der Waals surface area (Å²) in [6.07, 6.45) is -3.50. The van der Waals surface area contributed by atoms with Crippen molar-refractivity contribution in [3.63, 3.8) is 0 Å². The van der Waals surface area contributed by atoms with E-state index < -0.39 is 17.8 Å². The second-order valence-corrected chi connectivity index (χ2v) is 8.21. The Labute approximate surface area is 178 Å². The smallest absolute Gasteiger partial charge is 0.416 e. The summed E-state index contributed by atoms with van der Waals surface area (Å²) in [7, 11) is 1.68. The lowest BCUT2D eigenvalue weighted by Gasteiger charge is -2.25. The monoisotopic (exact) mass is 447 g/mol. The van der Waals surface area contributed by atoms with Crippen LogP contribution in [0.25, 0.3) is 0 Å². The normalized spacial score (nSPS) is 20.3. The second-order valence-electron chi connectivity index (χ2n) is 6.83. The van der Waals surface area contributed by atoms with Crippen LogP contribution in [0.15, 0.2) is 24.3 Å². The third kappa shape index (κ3) is 6.28. The molecule has 1 saturated heterocycles. The number of thioether (sulfide) groups is 1. The summed E-state index contributed by atoms with van der Waals surface area (Å²) in [4.78, 5) is 26.5. The van der Waals surface area contributed by atoms with Crippen molar-refractivity contribution in [3.05, 3.63) is 29.8 Å². The van der Waals surface area contributed by atoms with Gasteiger partial charge in [0.25, 0.3) is 0 Å². The standard InChI is InChI=1S/C20H28F3N3O3S/c1-4-26-17(12-15(24-3)19(28)29-5-2)30-16(18(26)27)9-10-25-14-8-6-7-13(11-14)20(21,22)23/h6-8,11,15-17,24-25H,4-5,9-10,12H2,1-3H3. The van der Waals surface area contributed by atoms with Crippen LogP contribution < -0.4 is 10.6 Å². The molecule has 0 bridgehead atoms. The molecule has 6 nitrogen and oxygen atoms in total. The van der Waals surface area contributed by atoms with E-state index in [0.717, 1.165) is 12.1 Å². The number of rotatable bonds is 10. The van der Waals surface area contributed by atoms with Crippen molar-refractivity contribution >= 4 is 29.3 Å². The minimum absolute atomic E-state index is 0.0166. The number of carbonyl (C=O) groups excluding carboxylic acids is 2. The fourth-order valence-electron chi connectivity index (χ4n) is 3.31. The summed E-state index contributed by atoms with van der Waals surface area (Å²) < 4.78 is 43.6. The highest BCUT2D eigenvalue weighted by Crippen LogP contribution is 2.36. The Hall–Kier alpha value is -1.94.